The standard InChI is InChI=1S/C27H25NO8/c1-2-36-15-5-3-12(4-6-15)16-7-8-18(29)21-17(16)10-13-9-14-11-19(30)22(26(28)34)25(33)27(14,35)24(32)20(13)23(21)31/h3-8,13-14,29,31,33,35H,2,9-11H2,1H3,(H2,28,34)/t13-,14+,27+/m1/s1. The highest BCUT2D eigenvalue weighted by atomic mass is 16.5. The number of aliphatic hydroxyl groups is 3. The Morgan fingerprint density at radius 2 is 1.78 bits per heavy atom. The molecule has 1 saturated carbocycles. The second-order valence-electron chi connectivity index (χ2n) is 9.35. The molecule has 3 aliphatic rings. The highest BCUT2D eigenvalue weighted by Gasteiger charge is 2.60. The van der Waals surface area contributed by atoms with E-state index in [1.807, 2.05) is 31.2 Å². The van der Waals surface area contributed by atoms with Gasteiger partial charge in [-0.05, 0) is 60.6 Å². The number of aromatic hydroxyl groups is 1. The molecule has 0 bridgehead atoms. The van der Waals surface area contributed by atoms with Crippen molar-refractivity contribution in [2.75, 3.05) is 6.61 Å². The first-order valence-electron chi connectivity index (χ1n) is 11.6. The zero-order valence-corrected chi connectivity index (χ0v) is 19.4. The van der Waals surface area contributed by atoms with Crippen LogP contribution in [-0.2, 0) is 20.8 Å². The normalized spacial score (nSPS) is 25.3. The maximum absolute atomic E-state index is 13.6. The molecule has 0 saturated heterocycles. The summed E-state index contributed by atoms with van der Waals surface area (Å²) in [6.07, 6.45) is -0.0274. The molecule has 3 aliphatic carbocycles. The molecule has 2 aromatic carbocycles. The Balaban J connectivity index is 1.66. The fraction of sp³-hybridized carbons (Fsp3) is 0.296. The minimum atomic E-state index is -2.57. The number of benzene rings is 2. The molecular formula is C27H25NO8. The topological polar surface area (TPSA) is 167 Å². The van der Waals surface area contributed by atoms with E-state index in [1.54, 1.807) is 6.07 Å². The van der Waals surface area contributed by atoms with Gasteiger partial charge in [0.05, 0.1) is 12.2 Å². The van der Waals surface area contributed by atoms with Crippen LogP contribution in [0.1, 0.15) is 30.9 Å². The van der Waals surface area contributed by atoms with Crippen molar-refractivity contribution >= 4 is 23.2 Å². The first-order valence-corrected chi connectivity index (χ1v) is 11.6. The zero-order chi connectivity index (χ0) is 25.9. The van der Waals surface area contributed by atoms with E-state index >= 15 is 0 Å². The monoisotopic (exact) mass is 491 g/mol. The summed E-state index contributed by atoms with van der Waals surface area (Å²) in [4.78, 5) is 37.8. The Morgan fingerprint density at radius 1 is 1.08 bits per heavy atom. The molecule has 0 aromatic heterocycles. The highest BCUT2D eigenvalue weighted by Crippen LogP contribution is 2.53. The fourth-order valence-corrected chi connectivity index (χ4v) is 5.79. The molecule has 186 valence electrons. The third-order valence-electron chi connectivity index (χ3n) is 7.42. The molecule has 6 N–H and O–H groups in total. The van der Waals surface area contributed by atoms with Crippen LogP contribution in [0.5, 0.6) is 11.5 Å². The number of hydrogen-bond donors (Lipinski definition) is 5. The second-order valence-corrected chi connectivity index (χ2v) is 9.35. The van der Waals surface area contributed by atoms with Crippen molar-refractivity contribution in [2.24, 2.45) is 17.6 Å². The van der Waals surface area contributed by atoms with Crippen molar-refractivity contribution in [2.45, 2.75) is 31.8 Å². The van der Waals surface area contributed by atoms with Crippen molar-refractivity contribution in [1.82, 2.24) is 0 Å². The van der Waals surface area contributed by atoms with Gasteiger partial charge in [-0.2, -0.15) is 0 Å². The lowest BCUT2D eigenvalue weighted by molar-refractivity contribution is -0.147. The number of rotatable bonds is 4. The molecule has 0 aliphatic heterocycles. The summed E-state index contributed by atoms with van der Waals surface area (Å²) < 4.78 is 5.50. The lowest BCUT2D eigenvalue weighted by Crippen LogP contribution is -2.58. The van der Waals surface area contributed by atoms with Crippen molar-refractivity contribution < 1.29 is 39.5 Å². The van der Waals surface area contributed by atoms with Crippen LogP contribution in [0.3, 0.4) is 0 Å². The lowest BCUT2D eigenvalue weighted by Gasteiger charge is -2.46. The van der Waals surface area contributed by atoms with E-state index in [-0.39, 0.29) is 36.1 Å². The Kier molecular flexibility index (Phi) is 5.40. The number of ether oxygens (including phenoxy) is 1. The minimum absolute atomic E-state index is 0.0634. The van der Waals surface area contributed by atoms with E-state index in [4.69, 9.17) is 10.5 Å². The summed E-state index contributed by atoms with van der Waals surface area (Å²) in [6, 6.07) is 10.5. The number of carbonyl (C=O) groups is 3. The van der Waals surface area contributed by atoms with Gasteiger partial charge >= 0.3 is 0 Å². The molecule has 0 unspecified atom stereocenters. The van der Waals surface area contributed by atoms with Crippen LogP contribution in [0.2, 0.25) is 0 Å². The molecule has 2 aromatic rings. The van der Waals surface area contributed by atoms with Gasteiger partial charge < -0.3 is 30.9 Å². The second kappa shape index (κ2) is 8.23. The predicted molar refractivity (Wildman–Crippen MR) is 128 cm³/mol. The Labute approximate surface area is 206 Å². The van der Waals surface area contributed by atoms with E-state index in [0.717, 1.165) is 11.1 Å². The van der Waals surface area contributed by atoms with Crippen molar-refractivity contribution in [3.8, 4) is 22.6 Å². The van der Waals surface area contributed by atoms with Gasteiger partial charge in [0.2, 0.25) is 5.78 Å². The molecule has 1 amide bonds. The van der Waals surface area contributed by atoms with Crippen molar-refractivity contribution in [3.05, 3.63) is 64.4 Å². The van der Waals surface area contributed by atoms with Crippen LogP contribution in [-0.4, -0.2) is 50.1 Å². The first-order chi connectivity index (χ1) is 17.1. The van der Waals surface area contributed by atoms with Crippen LogP contribution in [0.15, 0.2) is 53.3 Å². The average molecular weight is 491 g/mol. The predicted octanol–water partition coefficient (Wildman–Crippen LogP) is 2.49. The summed E-state index contributed by atoms with van der Waals surface area (Å²) in [7, 11) is 0. The molecular weight excluding hydrogens is 466 g/mol. The Hall–Kier alpha value is -4.11. The van der Waals surface area contributed by atoms with Crippen LogP contribution < -0.4 is 10.5 Å². The number of amides is 1. The van der Waals surface area contributed by atoms with Gasteiger partial charge in [-0.15, -0.1) is 0 Å². The van der Waals surface area contributed by atoms with Crippen molar-refractivity contribution in [3.63, 3.8) is 0 Å². The highest BCUT2D eigenvalue weighted by molar-refractivity contribution is 6.22. The number of nitrogens with two attached hydrogens (primary N) is 1. The van der Waals surface area contributed by atoms with Gasteiger partial charge in [-0.1, -0.05) is 18.2 Å². The number of phenolic OH excluding ortho intramolecular Hbond substituents is 1. The van der Waals surface area contributed by atoms with E-state index in [0.29, 0.717) is 17.9 Å². The summed E-state index contributed by atoms with van der Waals surface area (Å²) in [5, 5.41) is 43.8. The van der Waals surface area contributed by atoms with E-state index in [2.05, 4.69) is 0 Å². The Bertz CT molecular complexity index is 1390. The number of ketones is 2. The van der Waals surface area contributed by atoms with Gasteiger partial charge in [0.25, 0.3) is 5.91 Å². The summed E-state index contributed by atoms with van der Waals surface area (Å²) in [5.41, 5.74) is 3.90. The van der Waals surface area contributed by atoms with Gasteiger partial charge in [0.1, 0.15) is 28.6 Å². The molecule has 9 heteroatoms. The van der Waals surface area contributed by atoms with Crippen LogP contribution in [0.4, 0.5) is 0 Å². The fourth-order valence-electron chi connectivity index (χ4n) is 5.79. The van der Waals surface area contributed by atoms with E-state index < -0.39 is 52.0 Å². The number of carbonyl (C=O) groups excluding carboxylic acids is 3. The van der Waals surface area contributed by atoms with Gasteiger partial charge in [0.15, 0.2) is 11.4 Å². The number of primary amides is 1. The van der Waals surface area contributed by atoms with Gasteiger partial charge in [-0.3, -0.25) is 14.4 Å². The maximum atomic E-state index is 13.6. The quantitative estimate of drug-likeness (QED) is 0.407. The molecule has 3 atom stereocenters. The summed E-state index contributed by atoms with van der Waals surface area (Å²) >= 11 is 0. The van der Waals surface area contributed by atoms with E-state index in [9.17, 15) is 34.8 Å². The average Bonchev–Trinajstić information content (AvgIpc) is 2.82. The maximum Gasteiger partial charge on any atom is 0.255 e. The van der Waals surface area contributed by atoms with Gasteiger partial charge in [-0.25, -0.2) is 0 Å². The largest absolute Gasteiger partial charge is 0.508 e. The SMILES string of the molecule is CCOc1ccc(-c2ccc(O)c3c2C[C@H]2C[C@H]4CC(=O)C(C(N)=O)=C(O)[C@@]4(O)C(=O)C2=C3O)cc1. The molecule has 9 nitrogen and oxygen atoms in total. The number of phenols is 1. The van der Waals surface area contributed by atoms with E-state index in [1.165, 1.54) is 6.07 Å². The number of Topliss-reactive ketones (excluding diaryl/α,β-unsaturated/α-hetero) is 2. The number of aliphatic hydroxyl groups excluding tert-OH is 2. The molecule has 1 fully saturated rings. The molecule has 36 heavy (non-hydrogen) atoms. The zero-order valence-electron chi connectivity index (χ0n) is 19.4. The third-order valence-corrected chi connectivity index (χ3v) is 7.42. The molecule has 5 rings (SSSR count). The first kappa shape index (κ1) is 23.6. The van der Waals surface area contributed by atoms with Crippen LogP contribution in [0, 0.1) is 11.8 Å². The van der Waals surface area contributed by atoms with Gasteiger partial charge in [0, 0.05) is 17.9 Å². The van der Waals surface area contributed by atoms with Crippen LogP contribution >= 0.6 is 0 Å². The molecule has 0 heterocycles. The van der Waals surface area contributed by atoms with Crippen LogP contribution in [0.25, 0.3) is 16.9 Å². The van der Waals surface area contributed by atoms with Crippen molar-refractivity contribution in [1.29, 1.82) is 0 Å². The summed E-state index contributed by atoms with van der Waals surface area (Å²) in [6.45, 7) is 2.40. The molecule has 0 radical (unpaired) electrons. The third kappa shape index (κ3) is 3.23. The Morgan fingerprint density at radius 3 is 2.42 bits per heavy atom. The number of fused-ring (bicyclic) bond motifs is 3. The smallest absolute Gasteiger partial charge is 0.255 e. The summed E-state index contributed by atoms with van der Waals surface area (Å²) in [5.74, 6) is -5.74. The lowest BCUT2D eigenvalue weighted by atomic mass is 9.59. The number of hydrogen-bond acceptors (Lipinski definition) is 8. The molecule has 0 spiro atoms. The minimum Gasteiger partial charge on any atom is -0.508 e.